The Morgan fingerprint density at radius 2 is 2.10 bits per heavy atom. The molecule has 0 aromatic rings. The van der Waals surface area contributed by atoms with Gasteiger partial charge < -0.3 is 5.11 Å². The van der Waals surface area contributed by atoms with Gasteiger partial charge in [0.2, 0.25) is 0 Å². The third kappa shape index (κ3) is 1.98. The van der Waals surface area contributed by atoms with E-state index in [1.54, 1.807) is 0 Å². The second kappa shape index (κ2) is 3.38. The maximum atomic E-state index is 9.53. The summed E-state index contributed by atoms with van der Waals surface area (Å²) in [7, 11) is 0. The molecule has 1 aliphatic carbocycles. The van der Waals surface area contributed by atoms with Crippen LogP contribution in [0.1, 0.15) is 39.5 Å². The lowest BCUT2D eigenvalue weighted by Crippen LogP contribution is -2.18. The van der Waals surface area contributed by atoms with Crippen molar-refractivity contribution < 1.29 is 5.11 Å². The molecular formula is C9H18O. The van der Waals surface area contributed by atoms with Gasteiger partial charge in [-0.2, -0.15) is 0 Å². The first-order valence-electron chi connectivity index (χ1n) is 4.43. The molecule has 60 valence electrons. The van der Waals surface area contributed by atoms with Gasteiger partial charge in [0, 0.05) is 0 Å². The van der Waals surface area contributed by atoms with Crippen LogP contribution in [0.4, 0.5) is 0 Å². The fourth-order valence-electron chi connectivity index (χ4n) is 1.49. The first-order chi connectivity index (χ1) is 4.75. The van der Waals surface area contributed by atoms with Crippen LogP contribution in [0.5, 0.6) is 0 Å². The van der Waals surface area contributed by atoms with Gasteiger partial charge in [-0.25, -0.2) is 0 Å². The van der Waals surface area contributed by atoms with Crippen LogP contribution in [0.2, 0.25) is 0 Å². The molecule has 0 spiro atoms. The molecule has 0 aromatic carbocycles. The highest BCUT2D eigenvalue weighted by Crippen LogP contribution is 2.38. The van der Waals surface area contributed by atoms with E-state index in [1.165, 1.54) is 12.8 Å². The van der Waals surface area contributed by atoms with Gasteiger partial charge in [-0.1, -0.05) is 20.3 Å². The summed E-state index contributed by atoms with van der Waals surface area (Å²) in [5, 5.41) is 9.53. The summed E-state index contributed by atoms with van der Waals surface area (Å²) in [6.45, 7) is 4.31. The number of hydrogen-bond donors (Lipinski definition) is 1. The van der Waals surface area contributed by atoms with Crippen LogP contribution < -0.4 is 0 Å². The van der Waals surface area contributed by atoms with Crippen LogP contribution in [-0.2, 0) is 0 Å². The first-order valence-corrected chi connectivity index (χ1v) is 4.43. The average molecular weight is 142 g/mol. The van der Waals surface area contributed by atoms with Gasteiger partial charge in [0.05, 0.1) is 6.10 Å². The van der Waals surface area contributed by atoms with E-state index < -0.39 is 0 Å². The molecule has 0 aromatic heterocycles. The number of aliphatic hydroxyl groups is 1. The van der Waals surface area contributed by atoms with E-state index in [2.05, 4.69) is 13.8 Å². The molecule has 2 atom stereocenters. The Labute approximate surface area is 63.4 Å². The fraction of sp³-hybridized carbons (Fsp3) is 1.00. The van der Waals surface area contributed by atoms with Gasteiger partial charge in [-0.15, -0.1) is 0 Å². The molecule has 0 aliphatic heterocycles. The molecule has 1 aliphatic rings. The largest absolute Gasteiger partial charge is 0.393 e. The SMILES string of the molecule is CCCC(O)C(C)C1CC1. The quantitative estimate of drug-likeness (QED) is 0.638. The molecule has 0 bridgehead atoms. The van der Waals surface area contributed by atoms with Crippen molar-refractivity contribution >= 4 is 0 Å². The van der Waals surface area contributed by atoms with Crippen LogP contribution in [0.25, 0.3) is 0 Å². The van der Waals surface area contributed by atoms with E-state index in [-0.39, 0.29) is 6.10 Å². The number of hydrogen-bond acceptors (Lipinski definition) is 1. The van der Waals surface area contributed by atoms with Gasteiger partial charge in [-0.05, 0) is 31.1 Å². The van der Waals surface area contributed by atoms with E-state index in [9.17, 15) is 5.11 Å². The minimum absolute atomic E-state index is 0.0301. The average Bonchev–Trinajstić information content (AvgIpc) is 2.68. The molecular weight excluding hydrogens is 124 g/mol. The summed E-state index contributed by atoms with van der Waals surface area (Å²) in [4.78, 5) is 0. The van der Waals surface area contributed by atoms with Crippen molar-refractivity contribution in [3.05, 3.63) is 0 Å². The number of aliphatic hydroxyl groups excluding tert-OH is 1. The summed E-state index contributed by atoms with van der Waals surface area (Å²) < 4.78 is 0. The van der Waals surface area contributed by atoms with E-state index in [1.807, 2.05) is 0 Å². The first kappa shape index (κ1) is 8.06. The van der Waals surface area contributed by atoms with E-state index in [0.29, 0.717) is 5.92 Å². The van der Waals surface area contributed by atoms with Crippen LogP contribution in [0.3, 0.4) is 0 Å². The van der Waals surface area contributed by atoms with Crippen LogP contribution in [-0.4, -0.2) is 11.2 Å². The fourth-order valence-corrected chi connectivity index (χ4v) is 1.49. The highest BCUT2D eigenvalue weighted by atomic mass is 16.3. The van der Waals surface area contributed by atoms with Crippen molar-refractivity contribution in [1.29, 1.82) is 0 Å². The van der Waals surface area contributed by atoms with Crippen molar-refractivity contribution in [2.45, 2.75) is 45.6 Å². The molecule has 1 saturated carbocycles. The van der Waals surface area contributed by atoms with Crippen LogP contribution >= 0.6 is 0 Å². The predicted octanol–water partition coefficient (Wildman–Crippen LogP) is 2.19. The minimum atomic E-state index is -0.0301. The maximum absolute atomic E-state index is 9.53. The zero-order valence-corrected chi connectivity index (χ0v) is 7.01. The Morgan fingerprint density at radius 1 is 1.50 bits per heavy atom. The predicted molar refractivity (Wildman–Crippen MR) is 42.8 cm³/mol. The van der Waals surface area contributed by atoms with E-state index in [0.717, 1.165) is 18.8 Å². The summed E-state index contributed by atoms with van der Waals surface area (Å²) in [5.74, 6) is 1.40. The molecule has 1 nitrogen and oxygen atoms in total. The standard InChI is InChI=1S/C9H18O/c1-3-4-9(10)7(2)8-5-6-8/h7-10H,3-6H2,1-2H3. The monoisotopic (exact) mass is 142 g/mol. The van der Waals surface area contributed by atoms with Crippen molar-refractivity contribution in [3.63, 3.8) is 0 Å². The molecule has 1 heteroatoms. The molecule has 1 fully saturated rings. The van der Waals surface area contributed by atoms with Gasteiger partial charge >= 0.3 is 0 Å². The summed E-state index contributed by atoms with van der Waals surface area (Å²) in [6.07, 6.45) is 4.76. The Hall–Kier alpha value is -0.0400. The lowest BCUT2D eigenvalue weighted by atomic mass is 9.96. The molecule has 0 heterocycles. The summed E-state index contributed by atoms with van der Waals surface area (Å²) in [5.41, 5.74) is 0. The van der Waals surface area contributed by atoms with Gasteiger partial charge in [-0.3, -0.25) is 0 Å². The Morgan fingerprint density at radius 3 is 2.50 bits per heavy atom. The minimum Gasteiger partial charge on any atom is -0.393 e. The molecule has 10 heavy (non-hydrogen) atoms. The third-order valence-electron chi connectivity index (χ3n) is 2.56. The molecule has 0 radical (unpaired) electrons. The van der Waals surface area contributed by atoms with E-state index >= 15 is 0 Å². The molecule has 0 amide bonds. The Kier molecular flexibility index (Phi) is 2.72. The smallest absolute Gasteiger partial charge is 0.0568 e. The summed E-state index contributed by atoms with van der Waals surface area (Å²) >= 11 is 0. The highest BCUT2D eigenvalue weighted by molar-refractivity contribution is 4.82. The highest BCUT2D eigenvalue weighted by Gasteiger charge is 2.31. The van der Waals surface area contributed by atoms with Gasteiger partial charge in [0.15, 0.2) is 0 Å². The molecule has 2 unspecified atom stereocenters. The Balaban J connectivity index is 2.17. The second-order valence-electron chi connectivity index (χ2n) is 3.55. The van der Waals surface area contributed by atoms with Crippen LogP contribution in [0.15, 0.2) is 0 Å². The van der Waals surface area contributed by atoms with Crippen molar-refractivity contribution in [2.75, 3.05) is 0 Å². The normalized spacial score (nSPS) is 24.3. The van der Waals surface area contributed by atoms with Gasteiger partial charge in [0.25, 0.3) is 0 Å². The van der Waals surface area contributed by atoms with Crippen molar-refractivity contribution in [3.8, 4) is 0 Å². The zero-order chi connectivity index (χ0) is 7.56. The lowest BCUT2D eigenvalue weighted by Gasteiger charge is -2.16. The van der Waals surface area contributed by atoms with Crippen LogP contribution in [0, 0.1) is 11.8 Å². The maximum Gasteiger partial charge on any atom is 0.0568 e. The molecule has 0 saturated heterocycles. The van der Waals surface area contributed by atoms with E-state index in [4.69, 9.17) is 0 Å². The number of rotatable bonds is 4. The molecule has 1 N–H and O–H groups in total. The van der Waals surface area contributed by atoms with Crippen molar-refractivity contribution in [2.24, 2.45) is 11.8 Å². The second-order valence-corrected chi connectivity index (χ2v) is 3.55. The Bertz CT molecular complexity index is 96.9. The molecule has 1 rings (SSSR count). The van der Waals surface area contributed by atoms with Gasteiger partial charge in [0.1, 0.15) is 0 Å². The zero-order valence-electron chi connectivity index (χ0n) is 7.01. The lowest BCUT2D eigenvalue weighted by molar-refractivity contribution is 0.0958. The topological polar surface area (TPSA) is 20.2 Å². The van der Waals surface area contributed by atoms with Crippen molar-refractivity contribution in [1.82, 2.24) is 0 Å². The third-order valence-corrected chi connectivity index (χ3v) is 2.56. The summed E-state index contributed by atoms with van der Waals surface area (Å²) in [6, 6.07) is 0.